The average molecular weight is 895 g/mol. The number of aromatic nitrogens is 3. The van der Waals surface area contributed by atoms with E-state index in [0.29, 0.717) is 5.13 Å². The molecule has 2 fully saturated rings. The summed E-state index contributed by atoms with van der Waals surface area (Å²) in [7, 11) is 0. The van der Waals surface area contributed by atoms with Crippen LogP contribution in [0, 0.1) is 11.6 Å². The first-order valence-electron chi connectivity index (χ1n) is 19.0. The molecule has 2 aliphatic heterocycles. The summed E-state index contributed by atoms with van der Waals surface area (Å²) >= 11 is 13.7. The van der Waals surface area contributed by atoms with Gasteiger partial charge in [-0.15, -0.1) is 22.7 Å². The number of anilines is 2. The lowest BCUT2D eigenvalue weighted by Gasteiger charge is -2.32. The van der Waals surface area contributed by atoms with Crippen LogP contribution < -0.4 is 26.6 Å². The van der Waals surface area contributed by atoms with Gasteiger partial charge in [0.1, 0.15) is 23.0 Å². The summed E-state index contributed by atoms with van der Waals surface area (Å²) in [5, 5.41) is 19.2. The molecular formula is C41H39Cl2F2N9O4S2. The van der Waals surface area contributed by atoms with E-state index < -0.39 is 23.4 Å². The van der Waals surface area contributed by atoms with Gasteiger partial charge in [0.25, 0.3) is 23.6 Å². The Balaban J connectivity index is 0.000000192. The molecule has 6 N–H and O–H groups in total. The third-order valence-electron chi connectivity index (χ3n) is 9.94. The zero-order valence-electron chi connectivity index (χ0n) is 31.8. The van der Waals surface area contributed by atoms with Crippen molar-refractivity contribution in [2.75, 3.05) is 36.8 Å². The first-order chi connectivity index (χ1) is 29.0. The van der Waals surface area contributed by atoms with Crippen molar-refractivity contribution in [3.63, 3.8) is 0 Å². The van der Waals surface area contributed by atoms with Gasteiger partial charge in [-0.1, -0.05) is 41.4 Å². The zero-order chi connectivity index (χ0) is 42.2. The van der Waals surface area contributed by atoms with E-state index >= 15 is 0 Å². The fourth-order valence-electron chi connectivity index (χ4n) is 6.71. The van der Waals surface area contributed by atoms with Crippen molar-refractivity contribution in [1.29, 1.82) is 0 Å². The zero-order valence-corrected chi connectivity index (χ0v) is 35.0. The van der Waals surface area contributed by atoms with Crippen molar-refractivity contribution in [3.05, 3.63) is 127 Å². The summed E-state index contributed by atoms with van der Waals surface area (Å²) in [4.78, 5) is 63.5. The predicted octanol–water partition coefficient (Wildman–Crippen LogP) is 7.73. The van der Waals surface area contributed by atoms with Crippen molar-refractivity contribution >= 4 is 90.7 Å². The van der Waals surface area contributed by atoms with Crippen molar-refractivity contribution in [3.8, 4) is 0 Å². The number of nitrogens with one attached hydrogen (secondary N) is 6. The van der Waals surface area contributed by atoms with E-state index in [1.807, 2.05) is 6.07 Å². The number of halogens is 4. The van der Waals surface area contributed by atoms with Gasteiger partial charge in [-0.2, -0.15) is 0 Å². The van der Waals surface area contributed by atoms with E-state index in [9.17, 15) is 28.0 Å². The number of hydrogen-bond acceptors (Lipinski definition) is 10. The number of rotatable bonds is 10. The number of amides is 4. The minimum atomic E-state index is -0.597. The number of nitrogens with zero attached hydrogens (tertiary/aromatic N) is 3. The number of carbonyl (C=O) groups is 4. The first kappa shape index (κ1) is 42.8. The van der Waals surface area contributed by atoms with E-state index in [2.05, 4.69) is 70.8 Å². The minimum absolute atomic E-state index is 0.0721. The van der Waals surface area contributed by atoms with Gasteiger partial charge in [0.05, 0.1) is 10.0 Å². The average Bonchev–Trinajstić information content (AvgIpc) is 4.02. The molecule has 60 heavy (non-hydrogen) atoms. The van der Waals surface area contributed by atoms with Crippen LogP contribution in [-0.4, -0.2) is 81.7 Å². The number of piperidine rings is 2. The fourth-order valence-corrected chi connectivity index (χ4v) is 8.44. The number of benzene rings is 3. The maximum atomic E-state index is 13.3. The third kappa shape index (κ3) is 11.1. The van der Waals surface area contributed by atoms with Gasteiger partial charge in [-0.3, -0.25) is 34.7 Å². The largest absolute Gasteiger partial charge is 0.361 e. The molecule has 2 saturated heterocycles. The molecule has 3 aromatic heterocycles. The summed E-state index contributed by atoms with van der Waals surface area (Å²) in [6.07, 6.45) is 5.54. The molecule has 13 nitrogen and oxygen atoms in total. The van der Waals surface area contributed by atoms with E-state index in [0.717, 1.165) is 98.7 Å². The molecule has 19 heteroatoms. The van der Waals surface area contributed by atoms with Crippen LogP contribution in [0.2, 0.25) is 10.0 Å². The molecule has 0 unspecified atom stereocenters. The monoisotopic (exact) mass is 893 g/mol. The highest BCUT2D eigenvalue weighted by molar-refractivity contribution is 7.14. The van der Waals surface area contributed by atoms with E-state index in [1.165, 1.54) is 35.2 Å². The van der Waals surface area contributed by atoms with Gasteiger partial charge in [0.2, 0.25) is 0 Å². The summed E-state index contributed by atoms with van der Waals surface area (Å²) in [6.45, 7) is 4.41. The van der Waals surface area contributed by atoms with E-state index in [4.69, 9.17) is 23.2 Å². The number of aromatic amines is 1. The van der Waals surface area contributed by atoms with Gasteiger partial charge in [0, 0.05) is 70.7 Å². The number of hydrogen-bond donors (Lipinski definition) is 6. The second-order valence-electron chi connectivity index (χ2n) is 14.1. The van der Waals surface area contributed by atoms with E-state index in [-0.39, 0.29) is 61.6 Å². The quantitative estimate of drug-likeness (QED) is 0.0811. The van der Waals surface area contributed by atoms with Crippen LogP contribution in [0.1, 0.15) is 72.9 Å². The SMILES string of the molecule is O=C(Nc1nc(C(=O)NC2CCN(Cc3c[nH]c4ccccc34)CC2)cs1)c1ccc(F)c(Cl)c1.O=C(Nc1nc(C(=O)NC2CCNCC2)cs1)c1ccc(F)c(Cl)c1. The Labute approximate surface area is 361 Å². The lowest BCUT2D eigenvalue weighted by Crippen LogP contribution is -2.44. The van der Waals surface area contributed by atoms with Gasteiger partial charge in [-0.05, 0) is 86.8 Å². The van der Waals surface area contributed by atoms with Crippen LogP contribution in [0.3, 0.4) is 0 Å². The summed E-state index contributed by atoms with van der Waals surface area (Å²) in [6, 6.07) is 15.9. The second-order valence-corrected chi connectivity index (χ2v) is 16.7. The highest BCUT2D eigenvalue weighted by Gasteiger charge is 2.24. The fraction of sp³-hybridized carbons (Fsp3) is 0.268. The van der Waals surface area contributed by atoms with Crippen molar-refractivity contribution < 1.29 is 28.0 Å². The summed E-state index contributed by atoms with van der Waals surface area (Å²) < 4.78 is 26.5. The number of thiazole rings is 2. The molecule has 4 amide bonds. The lowest BCUT2D eigenvalue weighted by atomic mass is 10.0. The molecule has 0 aliphatic carbocycles. The van der Waals surface area contributed by atoms with Crippen LogP contribution in [0.5, 0.6) is 0 Å². The molecule has 0 bridgehead atoms. The van der Waals surface area contributed by atoms with Crippen LogP contribution >= 0.6 is 45.9 Å². The Bertz CT molecular complexity index is 2500. The highest BCUT2D eigenvalue weighted by Crippen LogP contribution is 2.24. The maximum Gasteiger partial charge on any atom is 0.271 e. The van der Waals surface area contributed by atoms with E-state index in [1.54, 1.807) is 10.8 Å². The minimum Gasteiger partial charge on any atom is -0.361 e. The molecule has 312 valence electrons. The van der Waals surface area contributed by atoms with Crippen molar-refractivity contribution in [2.45, 2.75) is 44.3 Å². The highest BCUT2D eigenvalue weighted by atomic mass is 35.5. The van der Waals surface area contributed by atoms with Crippen LogP contribution in [0.15, 0.2) is 77.6 Å². The Morgan fingerprint density at radius 1 is 0.717 bits per heavy atom. The van der Waals surface area contributed by atoms with Crippen LogP contribution in [0.25, 0.3) is 10.9 Å². The molecule has 8 rings (SSSR count). The second kappa shape index (κ2) is 19.8. The molecule has 2 aliphatic rings. The molecule has 0 spiro atoms. The number of para-hydroxylation sites is 1. The normalized spacial score (nSPS) is 14.9. The van der Waals surface area contributed by atoms with Crippen molar-refractivity contribution in [1.82, 2.24) is 35.8 Å². The summed E-state index contributed by atoms with van der Waals surface area (Å²) in [5.41, 5.74) is 3.35. The number of likely N-dealkylation sites (tertiary alicyclic amines) is 1. The molecule has 3 aromatic carbocycles. The topological polar surface area (TPSA) is 173 Å². The Morgan fingerprint density at radius 2 is 1.23 bits per heavy atom. The molecular weight excluding hydrogens is 856 g/mol. The smallest absolute Gasteiger partial charge is 0.271 e. The first-order valence-corrected chi connectivity index (χ1v) is 21.5. The standard InChI is InChI=1S/C25H23ClFN5O2S.C16H16ClFN4O2S/c26-19-11-15(5-6-20(19)27)23(33)31-25-30-22(14-35-25)24(34)29-17-7-9-32(10-8-17)13-16-12-28-21-4-2-1-3-18(16)21;17-11-7-9(1-2-12(11)18)14(23)22-16-21-13(8-25-16)15(24)20-10-3-5-19-6-4-10/h1-6,11-12,14,17,28H,7-10,13H2,(H,29,34)(H,30,31,33);1-2,7-8,10,19H,3-6H2,(H,20,24)(H,21,22,23). The number of H-pyrrole nitrogens is 1. The molecule has 0 saturated carbocycles. The van der Waals surface area contributed by atoms with Gasteiger partial charge < -0.3 is 20.9 Å². The predicted molar refractivity (Wildman–Crippen MR) is 230 cm³/mol. The third-order valence-corrected chi connectivity index (χ3v) is 12.0. The van der Waals surface area contributed by atoms with Gasteiger partial charge in [-0.25, -0.2) is 18.7 Å². The number of carbonyl (C=O) groups excluding carboxylic acids is 4. The number of fused-ring (bicyclic) bond motifs is 1. The van der Waals surface area contributed by atoms with Crippen molar-refractivity contribution in [2.24, 2.45) is 0 Å². The molecule has 6 aromatic rings. The Kier molecular flexibility index (Phi) is 14.2. The van der Waals surface area contributed by atoms with Gasteiger partial charge >= 0.3 is 0 Å². The molecule has 5 heterocycles. The Hall–Kier alpha value is -5.30. The Morgan fingerprint density at radius 3 is 1.77 bits per heavy atom. The maximum absolute atomic E-state index is 13.3. The van der Waals surface area contributed by atoms with Gasteiger partial charge in [0.15, 0.2) is 10.3 Å². The lowest BCUT2D eigenvalue weighted by molar-refractivity contribution is 0.0901. The van der Waals surface area contributed by atoms with Crippen LogP contribution in [-0.2, 0) is 6.54 Å². The molecule has 0 radical (unpaired) electrons. The molecule has 0 atom stereocenters. The summed E-state index contributed by atoms with van der Waals surface area (Å²) in [5.74, 6) is -2.66. The van der Waals surface area contributed by atoms with Crippen LogP contribution in [0.4, 0.5) is 19.0 Å².